The largest absolute Gasteiger partial charge is 0.396 e. The van der Waals surface area contributed by atoms with Crippen molar-refractivity contribution in [3.05, 3.63) is 29.6 Å². The highest BCUT2D eigenvalue weighted by molar-refractivity contribution is 5.99. The first-order valence-corrected chi connectivity index (χ1v) is 6.34. The quantitative estimate of drug-likeness (QED) is 0.604. The number of hydrogen-bond donors (Lipinski definition) is 2. The van der Waals surface area contributed by atoms with Gasteiger partial charge in [0.05, 0.1) is 11.3 Å². The smallest absolute Gasteiger partial charge is 0.253 e. The highest BCUT2D eigenvalue weighted by atomic mass is 19.1. The van der Waals surface area contributed by atoms with Crippen molar-refractivity contribution in [2.45, 2.75) is 33.1 Å². The van der Waals surface area contributed by atoms with Gasteiger partial charge in [-0.1, -0.05) is 32.8 Å². The SMILES string of the molecule is CC(C)CCCCNC(=O)c1cccc(F)c1N. The molecule has 0 spiro atoms. The normalized spacial score (nSPS) is 10.7. The number of para-hydroxylation sites is 1. The first kappa shape index (κ1) is 14.5. The van der Waals surface area contributed by atoms with E-state index in [9.17, 15) is 9.18 Å². The van der Waals surface area contributed by atoms with Crippen LogP contribution in [0.5, 0.6) is 0 Å². The van der Waals surface area contributed by atoms with Gasteiger partial charge in [-0.25, -0.2) is 4.39 Å². The summed E-state index contributed by atoms with van der Waals surface area (Å²) in [4.78, 5) is 11.8. The van der Waals surface area contributed by atoms with E-state index < -0.39 is 5.82 Å². The van der Waals surface area contributed by atoms with Gasteiger partial charge >= 0.3 is 0 Å². The van der Waals surface area contributed by atoms with Crippen LogP contribution in [0.4, 0.5) is 10.1 Å². The van der Waals surface area contributed by atoms with E-state index in [4.69, 9.17) is 5.73 Å². The van der Waals surface area contributed by atoms with Crippen LogP contribution in [0.25, 0.3) is 0 Å². The third-order valence-electron chi connectivity index (χ3n) is 2.79. The number of halogens is 1. The number of anilines is 1. The van der Waals surface area contributed by atoms with E-state index in [1.807, 2.05) is 0 Å². The Labute approximate surface area is 108 Å². The summed E-state index contributed by atoms with van der Waals surface area (Å²) in [7, 11) is 0. The molecule has 0 aliphatic carbocycles. The van der Waals surface area contributed by atoms with Gasteiger partial charge in [-0.3, -0.25) is 4.79 Å². The minimum absolute atomic E-state index is 0.0859. The lowest BCUT2D eigenvalue weighted by Gasteiger charge is -2.08. The van der Waals surface area contributed by atoms with Gasteiger partial charge in [0.2, 0.25) is 0 Å². The maximum atomic E-state index is 13.2. The van der Waals surface area contributed by atoms with Crippen molar-refractivity contribution in [1.82, 2.24) is 5.32 Å². The second-order valence-electron chi connectivity index (χ2n) is 4.85. The van der Waals surface area contributed by atoms with Gasteiger partial charge in [-0.2, -0.15) is 0 Å². The van der Waals surface area contributed by atoms with Crippen LogP contribution in [0.15, 0.2) is 18.2 Å². The van der Waals surface area contributed by atoms with Crippen LogP contribution in [-0.4, -0.2) is 12.5 Å². The molecule has 4 heteroatoms. The fraction of sp³-hybridized carbons (Fsp3) is 0.500. The van der Waals surface area contributed by atoms with E-state index >= 15 is 0 Å². The molecule has 0 atom stereocenters. The van der Waals surface area contributed by atoms with Gasteiger partial charge in [0.1, 0.15) is 5.82 Å². The highest BCUT2D eigenvalue weighted by Gasteiger charge is 2.11. The molecule has 0 saturated carbocycles. The van der Waals surface area contributed by atoms with E-state index in [0.717, 1.165) is 19.3 Å². The Morgan fingerprint density at radius 3 is 2.78 bits per heavy atom. The number of carbonyl (C=O) groups is 1. The fourth-order valence-electron chi connectivity index (χ4n) is 1.71. The number of nitrogens with one attached hydrogen (secondary N) is 1. The minimum Gasteiger partial charge on any atom is -0.396 e. The molecule has 0 saturated heterocycles. The van der Waals surface area contributed by atoms with Crippen molar-refractivity contribution in [3.63, 3.8) is 0 Å². The molecule has 0 aromatic heterocycles. The van der Waals surface area contributed by atoms with Crippen LogP contribution >= 0.6 is 0 Å². The zero-order chi connectivity index (χ0) is 13.5. The molecule has 0 radical (unpaired) electrons. The summed E-state index contributed by atoms with van der Waals surface area (Å²) < 4.78 is 13.2. The van der Waals surface area contributed by atoms with E-state index in [1.54, 1.807) is 0 Å². The lowest BCUT2D eigenvalue weighted by molar-refractivity contribution is 0.0953. The van der Waals surface area contributed by atoms with Gasteiger partial charge in [0.25, 0.3) is 5.91 Å². The van der Waals surface area contributed by atoms with Crippen LogP contribution < -0.4 is 11.1 Å². The number of amides is 1. The number of unbranched alkanes of at least 4 members (excludes halogenated alkanes) is 1. The van der Waals surface area contributed by atoms with E-state index in [2.05, 4.69) is 19.2 Å². The molecule has 0 heterocycles. The number of benzene rings is 1. The molecular formula is C14H21FN2O. The molecule has 0 aliphatic rings. The van der Waals surface area contributed by atoms with Crippen LogP contribution in [0, 0.1) is 11.7 Å². The number of carbonyl (C=O) groups excluding carboxylic acids is 1. The van der Waals surface area contributed by atoms with Crippen molar-refractivity contribution in [2.75, 3.05) is 12.3 Å². The van der Waals surface area contributed by atoms with Crippen LogP contribution in [-0.2, 0) is 0 Å². The van der Waals surface area contributed by atoms with Gasteiger partial charge < -0.3 is 11.1 Å². The average Bonchev–Trinajstić information content (AvgIpc) is 2.31. The number of nitrogens with two attached hydrogens (primary N) is 1. The first-order valence-electron chi connectivity index (χ1n) is 6.34. The third kappa shape index (κ3) is 4.35. The van der Waals surface area contributed by atoms with Crippen molar-refractivity contribution < 1.29 is 9.18 Å². The predicted octanol–water partition coefficient (Wildman–Crippen LogP) is 2.96. The summed E-state index contributed by atoms with van der Waals surface area (Å²) in [6, 6.07) is 4.26. The van der Waals surface area contributed by atoms with Crippen molar-refractivity contribution in [3.8, 4) is 0 Å². The van der Waals surface area contributed by atoms with Crippen molar-refractivity contribution in [1.29, 1.82) is 0 Å². The monoisotopic (exact) mass is 252 g/mol. The summed E-state index contributed by atoms with van der Waals surface area (Å²) in [5.74, 6) is -0.182. The molecule has 1 rings (SSSR count). The van der Waals surface area contributed by atoms with E-state index in [1.165, 1.54) is 18.2 Å². The summed E-state index contributed by atoms with van der Waals surface area (Å²) >= 11 is 0. The molecular weight excluding hydrogens is 231 g/mol. The third-order valence-corrected chi connectivity index (χ3v) is 2.79. The molecule has 1 aromatic rings. The Kier molecular flexibility index (Phi) is 5.62. The summed E-state index contributed by atoms with van der Waals surface area (Å²) in [5.41, 5.74) is 5.64. The Morgan fingerprint density at radius 1 is 1.39 bits per heavy atom. The molecule has 100 valence electrons. The molecule has 0 bridgehead atoms. The number of rotatable bonds is 6. The second-order valence-corrected chi connectivity index (χ2v) is 4.85. The van der Waals surface area contributed by atoms with Gasteiger partial charge in [-0.05, 0) is 24.5 Å². The van der Waals surface area contributed by atoms with Crippen LogP contribution in [0.1, 0.15) is 43.5 Å². The lowest BCUT2D eigenvalue weighted by Crippen LogP contribution is -2.25. The molecule has 3 N–H and O–H groups in total. The Hall–Kier alpha value is -1.58. The lowest BCUT2D eigenvalue weighted by atomic mass is 10.1. The highest BCUT2D eigenvalue weighted by Crippen LogP contribution is 2.15. The van der Waals surface area contributed by atoms with Crippen LogP contribution in [0.2, 0.25) is 0 Å². The van der Waals surface area contributed by atoms with E-state index in [-0.39, 0.29) is 17.2 Å². The Balaban J connectivity index is 2.39. The summed E-state index contributed by atoms with van der Waals surface area (Å²) in [6.07, 6.45) is 3.16. The van der Waals surface area contributed by atoms with Crippen molar-refractivity contribution >= 4 is 11.6 Å². The molecule has 0 fully saturated rings. The average molecular weight is 252 g/mol. The molecule has 0 aliphatic heterocycles. The predicted molar refractivity (Wildman–Crippen MR) is 71.8 cm³/mol. The Bertz CT molecular complexity index is 405. The standard InChI is InChI=1S/C14H21FN2O/c1-10(2)6-3-4-9-17-14(18)11-7-5-8-12(15)13(11)16/h5,7-8,10H,3-4,6,9,16H2,1-2H3,(H,17,18). The van der Waals surface area contributed by atoms with Gasteiger partial charge in [0.15, 0.2) is 0 Å². The maximum absolute atomic E-state index is 13.2. The molecule has 3 nitrogen and oxygen atoms in total. The number of hydrogen-bond acceptors (Lipinski definition) is 2. The second kappa shape index (κ2) is 6.99. The summed E-state index contributed by atoms with van der Waals surface area (Å²) in [5, 5.41) is 2.76. The maximum Gasteiger partial charge on any atom is 0.253 e. The molecule has 1 aromatic carbocycles. The zero-order valence-corrected chi connectivity index (χ0v) is 11.0. The summed E-state index contributed by atoms with van der Waals surface area (Å²) in [6.45, 7) is 4.94. The topological polar surface area (TPSA) is 55.1 Å². The molecule has 0 unspecified atom stereocenters. The molecule has 18 heavy (non-hydrogen) atoms. The molecule has 1 amide bonds. The van der Waals surface area contributed by atoms with Crippen LogP contribution in [0.3, 0.4) is 0 Å². The first-order chi connectivity index (χ1) is 8.52. The van der Waals surface area contributed by atoms with Gasteiger partial charge in [-0.15, -0.1) is 0 Å². The van der Waals surface area contributed by atoms with Gasteiger partial charge in [0, 0.05) is 6.54 Å². The minimum atomic E-state index is -0.553. The Morgan fingerprint density at radius 2 is 2.11 bits per heavy atom. The van der Waals surface area contributed by atoms with Crippen molar-refractivity contribution in [2.24, 2.45) is 5.92 Å². The zero-order valence-electron chi connectivity index (χ0n) is 11.0. The fourth-order valence-corrected chi connectivity index (χ4v) is 1.71. The number of nitrogen functional groups attached to an aromatic ring is 1. The van der Waals surface area contributed by atoms with E-state index in [0.29, 0.717) is 12.5 Å².